The predicted octanol–water partition coefficient (Wildman–Crippen LogP) is 4.52. The molecule has 0 spiro atoms. The summed E-state index contributed by atoms with van der Waals surface area (Å²) in [6.07, 6.45) is 0. The number of rotatable bonds is 5. The third-order valence-electron chi connectivity index (χ3n) is 3.43. The first-order valence-corrected chi connectivity index (χ1v) is 8.79. The van der Waals surface area contributed by atoms with Crippen LogP contribution in [0.2, 0.25) is 5.02 Å². The van der Waals surface area contributed by atoms with Gasteiger partial charge in [0, 0.05) is 0 Å². The quantitative estimate of drug-likeness (QED) is 0.624. The summed E-state index contributed by atoms with van der Waals surface area (Å²) in [5.41, 5.74) is 0.606. The van der Waals surface area contributed by atoms with E-state index in [1.54, 1.807) is 25.1 Å². The summed E-state index contributed by atoms with van der Waals surface area (Å²) in [6, 6.07) is 9.88. The Morgan fingerprint density at radius 2 is 2.04 bits per heavy atom. The number of benzene rings is 2. The lowest BCUT2D eigenvalue weighted by atomic mass is 10.2. The summed E-state index contributed by atoms with van der Waals surface area (Å²) in [7, 11) is 0. The number of hydrogen-bond acceptors (Lipinski definition) is 4. The molecule has 0 fully saturated rings. The van der Waals surface area contributed by atoms with Crippen LogP contribution in [0, 0.1) is 11.6 Å². The van der Waals surface area contributed by atoms with Crippen LogP contribution in [0.1, 0.15) is 6.92 Å². The second-order valence-corrected chi connectivity index (χ2v) is 7.04. The molecule has 0 bridgehead atoms. The monoisotopic (exact) mass is 394 g/mol. The molecule has 0 aliphatic carbocycles. The molecule has 3 rings (SSSR count). The number of amides is 1. The molecule has 1 atom stereocenters. The Morgan fingerprint density at radius 3 is 2.77 bits per heavy atom. The maximum atomic E-state index is 13.8. The largest absolute Gasteiger partial charge is 0.324 e. The minimum Gasteiger partial charge on any atom is -0.324 e. The Bertz CT molecular complexity index is 950. The van der Waals surface area contributed by atoms with Crippen LogP contribution in [-0.2, 0) is 4.79 Å². The molecule has 0 radical (unpaired) electrons. The van der Waals surface area contributed by atoms with Gasteiger partial charge in [0.15, 0.2) is 5.82 Å². The van der Waals surface area contributed by atoms with E-state index in [1.165, 1.54) is 18.2 Å². The Hall–Kier alpha value is -2.45. The minimum absolute atomic E-state index is 0.107. The highest BCUT2D eigenvalue weighted by Gasteiger charge is 2.19. The predicted molar refractivity (Wildman–Crippen MR) is 97.1 cm³/mol. The molecule has 26 heavy (non-hydrogen) atoms. The minimum atomic E-state index is -0.555. The second-order valence-electron chi connectivity index (χ2n) is 5.32. The Kier molecular flexibility index (Phi) is 5.53. The number of nitrogens with one attached hydrogen (secondary N) is 2. The van der Waals surface area contributed by atoms with Crippen LogP contribution in [0.15, 0.2) is 47.6 Å². The molecule has 1 aromatic heterocycles. The first-order valence-electron chi connectivity index (χ1n) is 7.54. The van der Waals surface area contributed by atoms with Crippen molar-refractivity contribution in [3.63, 3.8) is 0 Å². The molecule has 134 valence electrons. The number of aromatic amines is 1. The smallest absolute Gasteiger partial charge is 0.237 e. The summed E-state index contributed by atoms with van der Waals surface area (Å²) in [5, 5.41) is 9.13. The van der Waals surface area contributed by atoms with Gasteiger partial charge in [-0.3, -0.25) is 9.89 Å². The van der Waals surface area contributed by atoms with Crippen LogP contribution < -0.4 is 5.32 Å². The van der Waals surface area contributed by atoms with Crippen molar-refractivity contribution in [3.8, 4) is 11.4 Å². The molecular formula is C17H13ClF2N4OS. The number of hydrogen-bond donors (Lipinski definition) is 2. The third-order valence-corrected chi connectivity index (χ3v) is 4.71. The zero-order valence-corrected chi connectivity index (χ0v) is 15.0. The van der Waals surface area contributed by atoms with Crippen molar-refractivity contribution >= 4 is 35.0 Å². The highest BCUT2D eigenvalue weighted by atomic mass is 35.5. The fourth-order valence-electron chi connectivity index (χ4n) is 2.11. The van der Waals surface area contributed by atoms with Gasteiger partial charge >= 0.3 is 0 Å². The number of carbonyl (C=O) groups is 1. The van der Waals surface area contributed by atoms with E-state index in [0.29, 0.717) is 16.4 Å². The van der Waals surface area contributed by atoms with Gasteiger partial charge in [-0.25, -0.2) is 13.8 Å². The molecule has 0 aliphatic heterocycles. The van der Waals surface area contributed by atoms with E-state index < -0.39 is 16.9 Å². The van der Waals surface area contributed by atoms with Gasteiger partial charge in [0.25, 0.3) is 0 Å². The summed E-state index contributed by atoms with van der Waals surface area (Å²) in [4.78, 5) is 16.5. The third kappa shape index (κ3) is 4.20. The van der Waals surface area contributed by atoms with Crippen molar-refractivity contribution in [1.29, 1.82) is 0 Å². The average Bonchev–Trinajstić information content (AvgIpc) is 3.06. The number of aromatic nitrogens is 3. The molecule has 1 unspecified atom stereocenters. The van der Waals surface area contributed by atoms with Crippen molar-refractivity contribution in [3.05, 3.63) is 59.1 Å². The fourth-order valence-corrected chi connectivity index (χ4v) is 3.05. The van der Waals surface area contributed by atoms with E-state index in [-0.39, 0.29) is 16.8 Å². The van der Waals surface area contributed by atoms with Crippen molar-refractivity contribution in [1.82, 2.24) is 15.2 Å². The number of H-pyrrole nitrogens is 1. The topological polar surface area (TPSA) is 70.7 Å². The lowest BCUT2D eigenvalue weighted by Crippen LogP contribution is -2.22. The van der Waals surface area contributed by atoms with E-state index in [2.05, 4.69) is 20.5 Å². The maximum Gasteiger partial charge on any atom is 0.237 e. The van der Waals surface area contributed by atoms with Crippen molar-refractivity contribution < 1.29 is 13.6 Å². The van der Waals surface area contributed by atoms with E-state index in [4.69, 9.17) is 11.6 Å². The molecule has 2 N–H and O–H groups in total. The van der Waals surface area contributed by atoms with Gasteiger partial charge in [-0.05, 0) is 37.3 Å². The molecule has 9 heteroatoms. The summed E-state index contributed by atoms with van der Waals surface area (Å²) in [5.74, 6) is -0.978. The normalized spacial score (nSPS) is 12.0. The standard InChI is InChI=1S/C17H13ClF2N4OS/c1-9(16(25)21-14-7-6-10(19)8-12(14)18)26-17-22-15(23-24-17)11-4-2-3-5-13(11)20/h2-9H,1H3,(H,21,25)(H,22,23,24). The molecule has 0 aliphatic rings. The van der Waals surface area contributed by atoms with Crippen molar-refractivity contribution in [2.24, 2.45) is 0 Å². The van der Waals surface area contributed by atoms with Gasteiger partial charge in [0.2, 0.25) is 11.1 Å². The van der Waals surface area contributed by atoms with E-state index in [0.717, 1.165) is 17.8 Å². The summed E-state index contributed by atoms with van der Waals surface area (Å²) in [6.45, 7) is 1.66. The molecule has 3 aromatic rings. The number of carbonyl (C=O) groups excluding carboxylic acids is 1. The molecule has 0 saturated carbocycles. The van der Waals surface area contributed by atoms with Gasteiger partial charge in [0.1, 0.15) is 11.6 Å². The average molecular weight is 395 g/mol. The van der Waals surface area contributed by atoms with Crippen LogP contribution >= 0.6 is 23.4 Å². The second kappa shape index (κ2) is 7.84. The zero-order valence-electron chi connectivity index (χ0n) is 13.5. The molecule has 1 heterocycles. The fraction of sp³-hybridized carbons (Fsp3) is 0.118. The highest BCUT2D eigenvalue weighted by molar-refractivity contribution is 8.00. The van der Waals surface area contributed by atoms with Gasteiger partial charge < -0.3 is 5.32 Å². The Morgan fingerprint density at radius 1 is 1.27 bits per heavy atom. The number of thioether (sulfide) groups is 1. The van der Waals surface area contributed by atoms with Crippen LogP contribution in [0.5, 0.6) is 0 Å². The Balaban J connectivity index is 1.67. The molecule has 5 nitrogen and oxygen atoms in total. The van der Waals surface area contributed by atoms with E-state index in [9.17, 15) is 13.6 Å². The summed E-state index contributed by atoms with van der Waals surface area (Å²) >= 11 is 6.99. The molecule has 1 amide bonds. The SMILES string of the molecule is CC(Sc1n[nH]c(-c2ccccc2F)n1)C(=O)Nc1ccc(F)cc1Cl. The zero-order chi connectivity index (χ0) is 18.7. The van der Waals surface area contributed by atoms with Gasteiger partial charge in [-0.2, -0.15) is 0 Å². The lowest BCUT2D eigenvalue weighted by Gasteiger charge is -2.11. The first-order chi connectivity index (χ1) is 12.4. The van der Waals surface area contributed by atoms with E-state index >= 15 is 0 Å². The van der Waals surface area contributed by atoms with Crippen LogP contribution in [-0.4, -0.2) is 26.3 Å². The molecule has 0 saturated heterocycles. The number of anilines is 1. The lowest BCUT2D eigenvalue weighted by molar-refractivity contribution is -0.115. The maximum absolute atomic E-state index is 13.8. The Labute approximate surface area is 157 Å². The highest BCUT2D eigenvalue weighted by Crippen LogP contribution is 2.27. The van der Waals surface area contributed by atoms with Crippen LogP contribution in [0.25, 0.3) is 11.4 Å². The molecular weight excluding hydrogens is 382 g/mol. The number of nitrogens with zero attached hydrogens (tertiary/aromatic N) is 2. The van der Waals surface area contributed by atoms with Crippen molar-refractivity contribution in [2.75, 3.05) is 5.32 Å². The van der Waals surface area contributed by atoms with Gasteiger partial charge in [0.05, 0.1) is 21.5 Å². The van der Waals surface area contributed by atoms with Gasteiger partial charge in [-0.15, -0.1) is 5.10 Å². The van der Waals surface area contributed by atoms with Crippen LogP contribution in [0.3, 0.4) is 0 Å². The van der Waals surface area contributed by atoms with Crippen LogP contribution in [0.4, 0.5) is 14.5 Å². The van der Waals surface area contributed by atoms with Gasteiger partial charge in [-0.1, -0.05) is 35.5 Å². The van der Waals surface area contributed by atoms with E-state index in [1.807, 2.05) is 0 Å². The van der Waals surface area contributed by atoms with Crippen molar-refractivity contribution in [2.45, 2.75) is 17.3 Å². The molecule has 2 aromatic carbocycles. The summed E-state index contributed by atoms with van der Waals surface area (Å²) < 4.78 is 26.8. The number of halogens is 3. The first kappa shape index (κ1) is 18.3.